The second-order valence-corrected chi connectivity index (χ2v) is 8.19. The number of carbonyl (C=O) groups excluding carboxylic acids is 1. The van der Waals surface area contributed by atoms with Crippen LogP contribution in [0.2, 0.25) is 0 Å². The molecule has 1 aromatic rings. The van der Waals surface area contributed by atoms with Crippen molar-refractivity contribution in [1.29, 1.82) is 0 Å². The van der Waals surface area contributed by atoms with E-state index in [0.717, 1.165) is 5.56 Å². The minimum Gasteiger partial charge on any atom is -0.459 e. The number of alkyl halides is 1. The van der Waals surface area contributed by atoms with Crippen molar-refractivity contribution in [3.63, 3.8) is 0 Å². The van der Waals surface area contributed by atoms with Crippen molar-refractivity contribution in [1.82, 2.24) is 0 Å². The highest BCUT2D eigenvalue weighted by atomic mass is 35.5. The van der Waals surface area contributed by atoms with Gasteiger partial charge in [-0.05, 0) is 12.0 Å². The molecule has 0 aliphatic rings. The molecule has 0 aliphatic carbocycles. The highest BCUT2D eigenvalue weighted by Crippen LogP contribution is 2.23. The molecule has 1 atom stereocenters. The summed E-state index contributed by atoms with van der Waals surface area (Å²) in [6, 6.07) is 9.03. The highest BCUT2D eigenvalue weighted by molar-refractivity contribution is 7.86. The Kier molecular flexibility index (Phi) is 8.15. The van der Waals surface area contributed by atoms with Crippen molar-refractivity contribution in [2.24, 2.45) is 5.41 Å². The van der Waals surface area contributed by atoms with E-state index < -0.39 is 27.6 Å². The Labute approximate surface area is 147 Å². The number of benzene rings is 1. The van der Waals surface area contributed by atoms with E-state index in [1.165, 1.54) is 13.8 Å². The lowest BCUT2D eigenvalue weighted by Crippen LogP contribution is -2.41. The molecule has 0 radical (unpaired) electrons. The van der Waals surface area contributed by atoms with E-state index in [4.69, 9.17) is 20.5 Å². The van der Waals surface area contributed by atoms with Gasteiger partial charge in [0.05, 0.1) is 12.4 Å². The quantitative estimate of drug-likeness (QED) is 0.381. The molecule has 1 N–H and O–H groups in total. The molecule has 0 aromatic heterocycles. The van der Waals surface area contributed by atoms with Crippen LogP contribution in [0.25, 0.3) is 0 Å². The minimum absolute atomic E-state index is 0.0295. The Bertz CT molecular complexity index is 615. The van der Waals surface area contributed by atoms with E-state index in [9.17, 15) is 18.3 Å². The lowest BCUT2D eigenvalue weighted by Gasteiger charge is -2.28. The van der Waals surface area contributed by atoms with Gasteiger partial charge in [-0.15, -0.1) is 11.6 Å². The maximum atomic E-state index is 12.0. The standard InChI is InChI=1S/C16H23ClO6S/c1-16(2,12-23-24(20,21)10-6-9-17)14(18)15(19)22-11-13-7-4-3-5-8-13/h3-5,7-8,14,18H,6,9-12H2,1-2H3. The number of esters is 1. The van der Waals surface area contributed by atoms with Gasteiger partial charge in [-0.3, -0.25) is 4.18 Å². The largest absolute Gasteiger partial charge is 0.459 e. The zero-order chi connectivity index (χ0) is 18.2. The summed E-state index contributed by atoms with van der Waals surface area (Å²) in [5.41, 5.74) is -0.335. The molecule has 0 amide bonds. The lowest BCUT2D eigenvalue weighted by atomic mass is 9.88. The summed E-state index contributed by atoms with van der Waals surface area (Å²) in [6.45, 7) is 2.75. The molecule has 1 unspecified atom stereocenters. The van der Waals surface area contributed by atoms with Crippen molar-refractivity contribution >= 4 is 27.7 Å². The van der Waals surface area contributed by atoms with Crippen LogP contribution >= 0.6 is 11.6 Å². The van der Waals surface area contributed by atoms with Gasteiger partial charge in [0, 0.05) is 11.3 Å². The van der Waals surface area contributed by atoms with Crippen molar-refractivity contribution < 1.29 is 27.2 Å². The molecule has 1 rings (SSSR count). The van der Waals surface area contributed by atoms with E-state index in [0.29, 0.717) is 0 Å². The Hall–Kier alpha value is -1.15. The van der Waals surface area contributed by atoms with Crippen LogP contribution in [0.1, 0.15) is 25.8 Å². The molecule has 8 heteroatoms. The highest BCUT2D eigenvalue weighted by Gasteiger charge is 2.36. The molecule has 0 aliphatic heterocycles. The molecule has 6 nitrogen and oxygen atoms in total. The zero-order valence-corrected chi connectivity index (χ0v) is 15.3. The van der Waals surface area contributed by atoms with Gasteiger partial charge in [0.1, 0.15) is 6.61 Å². The molecule has 0 saturated carbocycles. The summed E-state index contributed by atoms with van der Waals surface area (Å²) >= 11 is 5.45. The number of hydrogen-bond donors (Lipinski definition) is 1. The fourth-order valence-electron chi connectivity index (χ4n) is 1.74. The summed E-state index contributed by atoms with van der Waals surface area (Å²) in [7, 11) is -3.74. The molecule has 0 saturated heterocycles. The third-order valence-electron chi connectivity index (χ3n) is 3.33. The van der Waals surface area contributed by atoms with Gasteiger partial charge in [0.15, 0.2) is 6.10 Å². The van der Waals surface area contributed by atoms with Crippen molar-refractivity contribution in [3.05, 3.63) is 35.9 Å². The number of ether oxygens (including phenoxy) is 1. The maximum Gasteiger partial charge on any atom is 0.335 e. The molecular weight excluding hydrogens is 356 g/mol. The predicted molar refractivity (Wildman–Crippen MR) is 91.1 cm³/mol. The molecule has 136 valence electrons. The number of aliphatic hydroxyl groups excluding tert-OH is 1. The molecule has 0 fully saturated rings. The van der Waals surface area contributed by atoms with E-state index in [1.807, 2.05) is 18.2 Å². The Morgan fingerprint density at radius 2 is 1.92 bits per heavy atom. The third-order valence-corrected chi connectivity index (χ3v) is 4.86. The number of carbonyl (C=O) groups is 1. The molecular formula is C16H23ClO6S. The summed E-state index contributed by atoms with van der Waals surface area (Å²) in [5, 5.41) is 10.1. The van der Waals surface area contributed by atoms with Gasteiger partial charge in [-0.1, -0.05) is 44.2 Å². The molecule has 0 bridgehead atoms. The van der Waals surface area contributed by atoms with Crippen LogP contribution in [-0.4, -0.2) is 43.8 Å². The second kappa shape index (κ2) is 9.36. The van der Waals surface area contributed by atoms with Gasteiger partial charge in [0.25, 0.3) is 10.1 Å². The van der Waals surface area contributed by atoms with Crippen LogP contribution in [0.5, 0.6) is 0 Å². The summed E-state index contributed by atoms with van der Waals surface area (Å²) in [5.74, 6) is -0.827. The Balaban J connectivity index is 2.54. The molecule has 0 heterocycles. The second-order valence-electron chi connectivity index (χ2n) is 6.05. The average molecular weight is 379 g/mol. The fraction of sp³-hybridized carbons (Fsp3) is 0.562. The van der Waals surface area contributed by atoms with Crippen LogP contribution < -0.4 is 0 Å². The van der Waals surface area contributed by atoms with Crippen molar-refractivity contribution in [3.8, 4) is 0 Å². The van der Waals surface area contributed by atoms with Crippen molar-refractivity contribution in [2.45, 2.75) is 33.0 Å². The first-order valence-corrected chi connectivity index (χ1v) is 9.61. The number of hydrogen-bond acceptors (Lipinski definition) is 6. The smallest absolute Gasteiger partial charge is 0.335 e. The van der Waals surface area contributed by atoms with Gasteiger partial charge in [-0.25, -0.2) is 4.79 Å². The first-order chi connectivity index (χ1) is 11.2. The third kappa shape index (κ3) is 7.17. The Morgan fingerprint density at radius 1 is 1.29 bits per heavy atom. The molecule has 0 spiro atoms. The summed E-state index contributed by atoms with van der Waals surface area (Å²) in [4.78, 5) is 12.0. The van der Waals surface area contributed by atoms with E-state index in [-0.39, 0.29) is 31.3 Å². The van der Waals surface area contributed by atoms with Gasteiger partial charge in [-0.2, -0.15) is 8.42 Å². The first-order valence-electron chi connectivity index (χ1n) is 7.49. The van der Waals surface area contributed by atoms with E-state index in [2.05, 4.69) is 0 Å². The maximum absolute atomic E-state index is 12.0. The van der Waals surface area contributed by atoms with Crippen molar-refractivity contribution in [2.75, 3.05) is 18.2 Å². The molecule has 1 aromatic carbocycles. The van der Waals surface area contributed by atoms with Gasteiger partial charge < -0.3 is 9.84 Å². The summed E-state index contributed by atoms with van der Waals surface area (Å²) < 4.78 is 33.3. The van der Waals surface area contributed by atoms with Crippen LogP contribution in [0.4, 0.5) is 0 Å². The fourth-order valence-corrected chi connectivity index (χ4v) is 3.13. The van der Waals surface area contributed by atoms with Crippen LogP contribution in [0.15, 0.2) is 30.3 Å². The normalized spacial score (nSPS) is 13.5. The van der Waals surface area contributed by atoms with E-state index in [1.54, 1.807) is 12.1 Å². The predicted octanol–water partition coefficient (Wildman–Crippen LogP) is 2.09. The minimum atomic E-state index is -3.74. The lowest BCUT2D eigenvalue weighted by molar-refractivity contribution is -0.162. The van der Waals surface area contributed by atoms with Crippen LogP contribution in [0.3, 0.4) is 0 Å². The van der Waals surface area contributed by atoms with Crippen LogP contribution in [-0.2, 0) is 30.4 Å². The SMILES string of the molecule is CC(C)(COS(=O)(=O)CCCCl)C(O)C(=O)OCc1ccccc1. The summed E-state index contributed by atoms with van der Waals surface area (Å²) in [6.07, 6.45) is -1.24. The topological polar surface area (TPSA) is 89.9 Å². The monoisotopic (exact) mass is 378 g/mol. The average Bonchev–Trinajstić information content (AvgIpc) is 2.56. The van der Waals surface area contributed by atoms with E-state index >= 15 is 0 Å². The number of rotatable bonds is 10. The zero-order valence-electron chi connectivity index (χ0n) is 13.8. The van der Waals surface area contributed by atoms with Gasteiger partial charge in [0.2, 0.25) is 0 Å². The Morgan fingerprint density at radius 3 is 2.50 bits per heavy atom. The number of aliphatic hydroxyl groups is 1. The number of halogens is 1. The first kappa shape index (κ1) is 20.9. The van der Waals surface area contributed by atoms with Gasteiger partial charge >= 0.3 is 5.97 Å². The van der Waals surface area contributed by atoms with Crippen LogP contribution in [0, 0.1) is 5.41 Å². The molecule has 24 heavy (non-hydrogen) atoms.